The fourth-order valence-electron chi connectivity index (χ4n) is 2.25. The Morgan fingerprint density at radius 2 is 1.70 bits per heavy atom. The van der Waals surface area contributed by atoms with Crippen LogP contribution in [0.15, 0.2) is 39.3 Å². The van der Waals surface area contributed by atoms with E-state index in [-0.39, 0.29) is 6.04 Å². The highest BCUT2D eigenvalue weighted by atomic mass is 79.9. The molecule has 2 aromatic carbocycles. The van der Waals surface area contributed by atoms with Gasteiger partial charge in [-0.05, 0) is 42.7 Å². The third-order valence-electron chi connectivity index (χ3n) is 3.54. The zero-order chi connectivity index (χ0) is 14.9. The van der Waals surface area contributed by atoms with Crippen LogP contribution in [0.25, 0.3) is 0 Å². The van der Waals surface area contributed by atoms with Crippen LogP contribution in [0.4, 0.5) is 0 Å². The second-order valence-corrected chi connectivity index (χ2v) is 6.54. The summed E-state index contributed by atoms with van der Waals surface area (Å²) in [6, 6.07) is 9.91. The molecule has 106 valence electrons. The quantitative estimate of drug-likeness (QED) is 0.799. The summed E-state index contributed by atoms with van der Waals surface area (Å²) in [7, 11) is 1.69. The normalized spacial score (nSPS) is 12.3. The molecule has 0 aliphatic rings. The standard InChI is InChI=1S/C16H17Br2NO/c1-9-4-6-13(16(20-3)10(9)2)15(19)12-7-5-11(17)8-14(12)18/h4-8,15H,19H2,1-3H3. The van der Waals surface area contributed by atoms with E-state index in [4.69, 9.17) is 10.5 Å². The highest BCUT2D eigenvalue weighted by Crippen LogP contribution is 2.36. The first-order valence-corrected chi connectivity index (χ1v) is 7.89. The van der Waals surface area contributed by atoms with Gasteiger partial charge in [-0.25, -0.2) is 0 Å². The molecule has 0 spiro atoms. The van der Waals surface area contributed by atoms with Crippen molar-refractivity contribution in [2.45, 2.75) is 19.9 Å². The number of rotatable bonds is 3. The molecule has 2 rings (SSSR count). The monoisotopic (exact) mass is 397 g/mol. The summed E-state index contributed by atoms with van der Waals surface area (Å²) in [6.07, 6.45) is 0. The van der Waals surface area contributed by atoms with E-state index in [0.717, 1.165) is 31.4 Å². The van der Waals surface area contributed by atoms with Crippen molar-refractivity contribution < 1.29 is 4.74 Å². The molecule has 0 aromatic heterocycles. The van der Waals surface area contributed by atoms with Crippen LogP contribution in [0.1, 0.15) is 28.3 Å². The molecule has 2 nitrogen and oxygen atoms in total. The Labute approximate surface area is 136 Å². The van der Waals surface area contributed by atoms with E-state index in [9.17, 15) is 0 Å². The van der Waals surface area contributed by atoms with Crippen molar-refractivity contribution in [1.82, 2.24) is 0 Å². The van der Waals surface area contributed by atoms with Crippen LogP contribution in [-0.4, -0.2) is 7.11 Å². The minimum atomic E-state index is -0.230. The van der Waals surface area contributed by atoms with Crippen LogP contribution in [-0.2, 0) is 0 Å². The van der Waals surface area contributed by atoms with Crippen LogP contribution < -0.4 is 10.5 Å². The SMILES string of the molecule is COc1c(C(N)c2ccc(Br)cc2Br)ccc(C)c1C. The second-order valence-electron chi connectivity index (χ2n) is 4.77. The Kier molecular flexibility index (Phi) is 4.89. The zero-order valence-corrected chi connectivity index (χ0v) is 14.9. The van der Waals surface area contributed by atoms with Gasteiger partial charge in [0, 0.05) is 14.5 Å². The molecule has 0 saturated heterocycles. The molecule has 0 radical (unpaired) electrons. The lowest BCUT2D eigenvalue weighted by Crippen LogP contribution is -2.14. The van der Waals surface area contributed by atoms with E-state index in [1.807, 2.05) is 24.3 Å². The Morgan fingerprint density at radius 1 is 1.05 bits per heavy atom. The number of methoxy groups -OCH3 is 1. The maximum atomic E-state index is 6.44. The fraction of sp³-hybridized carbons (Fsp3) is 0.250. The minimum absolute atomic E-state index is 0.230. The average Bonchev–Trinajstić information content (AvgIpc) is 2.41. The molecular formula is C16H17Br2NO. The molecule has 1 unspecified atom stereocenters. The van der Waals surface area contributed by atoms with Crippen LogP contribution in [0.5, 0.6) is 5.75 Å². The van der Waals surface area contributed by atoms with E-state index in [1.54, 1.807) is 7.11 Å². The summed E-state index contributed by atoms with van der Waals surface area (Å²) in [5.74, 6) is 0.868. The molecule has 2 aromatic rings. The molecule has 0 saturated carbocycles. The van der Waals surface area contributed by atoms with Crippen LogP contribution in [0.2, 0.25) is 0 Å². The first kappa shape index (κ1) is 15.5. The summed E-state index contributed by atoms with van der Waals surface area (Å²) in [4.78, 5) is 0. The molecule has 1 atom stereocenters. The third kappa shape index (κ3) is 2.92. The van der Waals surface area contributed by atoms with Crippen molar-refractivity contribution in [2.24, 2.45) is 5.73 Å². The molecule has 2 N–H and O–H groups in total. The van der Waals surface area contributed by atoms with Gasteiger partial charge in [-0.2, -0.15) is 0 Å². The molecule has 0 aliphatic heterocycles. The maximum Gasteiger partial charge on any atom is 0.127 e. The van der Waals surface area contributed by atoms with Crippen LogP contribution >= 0.6 is 31.9 Å². The van der Waals surface area contributed by atoms with E-state index in [1.165, 1.54) is 5.56 Å². The summed E-state index contributed by atoms with van der Waals surface area (Å²) in [6.45, 7) is 4.13. The summed E-state index contributed by atoms with van der Waals surface area (Å²) < 4.78 is 7.57. The molecular weight excluding hydrogens is 382 g/mol. The predicted molar refractivity (Wildman–Crippen MR) is 90.3 cm³/mol. The molecule has 0 amide bonds. The van der Waals surface area contributed by atoms with E-state index in [2.05, 4.69) is 51.8 Å². The van der Waals surface area contributed by atoms with Gasteiger partial charge in [0.15, 0.2) is 0 Å². The smallest absolute Gasteiger partial charge is 0.127 e. The van der Waals surface area contributed by atoms with Crippen molar-refractivity contribution in [1.29, 1.82) is 0 Å². The number of ether oxygens (including phenoxy) is 1. The van der Waals surface area contributed by atoms with Crippen molar-refractivity contribution in [2.75, 3.05) is 7.11 Å². The molecule has 0 heterocycles. The van der Waals surface area contributed by atoms with Gasteiger partial charge in [-0.1, -0.05) is 50.1 Å². The third-order valence-corrected chi connectivity index (χ3v) is 4.72. The molecule has 0 fully saturated rings. The van der Waals surface area contributed by atoms with Gasteiger partial charge < -0.3 is 10.5 Å². The number of halogens is 2. The lowest BCUT2D eigenvalue weighted by atomic mass is 9.95. The van der Waals surface area contributed by atoms with Crippen molar-refractivity contribution in [3.8, 4) is 5.75 Å². The fourth-order valence-corrected chi connectivity index (χ4v) is 3.54. The number of hydrogen-bond donors (Lipinski definition) is 1. The first-order valence-electron chi connectivity index (χ1n) is 6.30. The zero-order valence-electron chi connectivity index (χ0n) is 11.7. The first-order chi connectivity index (χ1) is 9.45. The van der Waals surface area contributed by atoms with Gasteiger partial charge in [-0.3, -0.25) is 0 Å². The Bertz CT molecular complexity index is 641. The summed E-state index contributed by atoms with van der Waals surface area (Å²) >= 11 is 7.03. The van der Waals surface area contributed by atoms with Gasteiger partial charge in [0.05, 0.1) is 13.2 Å². The number of hydrogen-bond acceptors (Lipinski definition) is 2. The average molecular weight is 399 g/mol. The topological polar surface area (TPSA) is 35.2 Å². The van der Waals surface area contributed by atoms with Crippen LogP contribution in [0, 0.1) is 13.8 Å². The predicted octanol–water partition coefficient (Wildman–Crippen LogP) is 4.89. The van der Waals surface area contributed by atoms with Gasteiger partial charge in [-0.15, -0.1) is 0 Å². The highest BCUT2D eigenvalue weighted by molar-refractivity contribution is 9.11. The maximum absolute atomic E-state index is 6.44. The number of nitrogens with two attached hydrogens (primary N) is 1. The molecule has 20 heavy (non-hydrogen) atoms. The van der Waals surface area contributed by atoms with Crippen molar-refractivity contribution >= 4 is 31.9 Å². The molecule has 0 bridgehead atoms. The summed E-state index contributed by atoms with van der Waals surface area (Å²) in [5, 5.41) is 0. The van der Waals surface area contributed by atoms with Gasteiger partial charge in [0.25, 0.3) is 0 Å². The van der Waals surface area contributed by atoms with E-state index in [0.29, 0.717) is 0 Å². The summed E-state index contributed by atoms with van der Waals surface area (Å²) in [5.41, 5.74) is 10.8. The Hall–Kier alpha value is -0.840. The van der Waals surface area contributed by atoms with E-state index >= 15 is 0 Å². The van der Waals surface area contributed by atoms with Gasteiger partial charge in [0.1, 0.15) is 5.75 Å². The molecule has 4 heteroatoms. The highest BCUT2D eigenvalue weighted by Gasteiger charge is 2.18. The van der Waals surface area contributed by atoms with Crippen molar-refractivity contribution in [3.63, 3.8) is 0 Å². The van der Waals surface area contributed by atoms with Crippen LogP contribution in [0.3, 0.4) is 0 Å². The minimum Gasteiger partial charge on any atom is -0.496 e. The van der Waals surface area contributed by atoms with E-state index < -0.39 is 0 Å². The Balaban J connectivity index is 2.53. The number of aryl methyl sites for hydroxylation is 1. The lowest BCUT2D eigenvalue weighted by Gasteiger charge is -2.20. The largest absolute Gasteiger partial charge is 0.496 e. The Morgan fingerprint density at radius 3 is 2.30 bits per heavy atom. The van der Waals surface area contributed by atoms with Gasteiger partial charge >= 0.3 is 0 Å². The van der Waals surface area contributed by atoms with Crippen molar-refractivity contribution in [3.05, 3.63) is 61.5 Å². The number of benzene rings is 2. The molecule has 0 aliphatic carbocycles. The lowest BCUT2D eigenvalue weighted by molar-refractivity contribution is 0.404. The second kappa shape index (κ2) is 6.29. The van der Waals surface area contributed by atoms with Gasteiger partial charge in [0.2, 0.25) is 0 Å².